The van der Waals surface area contributed by atoms with Crippen LogP contribution in [0.5, 0.6) is 0 Å². The first-order valence-corrected chi connectivity index (χ1v) is 17.8. The maximum absolute atomic E-state index is 14.6. The molecule has 4 nitrogen and oxygen atoms in total. The number of rotatable bonds is 12. The van der Waals surface area contributed by atoms with Crippen LogP contribution < -0.4 is 0 Å². The quantitative estimate of drug-likeness (QED) is 0.126. The lowest BCUT2D eigenvalue weighted by molar-refractivity contribution is 0.0960. The van der Waals surface area contributed by atoms with Crippen LogP contribution in [-0.4, -0.2) is 20.9 Å². The van der Waals surface area contributed by atoms with Crippen LogP contribution in [0.15, 0.2) is 109 Å². The Morgan fingerprint density at radius 1 is 0.438 bits per heavy atom. The van der Waals surface area contributed by atoms with Crippen LogP contribution in [0.25, 0.3) is 43.6 Å². The number of carbonyl (C=O) groups is 2. The summed E-state index contributed by atoms with van der Waals surface area (Å²) >= 11 is 0. The average Bonchev–Trinajstić information content (AvgIpc) is 3.63. The molecule has 0 amide bonds. The minimum absolute atomic E-state index is 0.0107. The number of benzene rings is 5. The lowest BCUT2D eigenvalue weighted by Crippen LogP contribution is -2.14. The zero-order valence-electron chi connectivity index (χ0n) is 28.2. The zero-order chi connectivity index (χ0) is 33.0. The smallest absolute Gasteiger partial charge is 0.263 e. The van der Waals surface area contributed by atoms with Gasteiger partial charge in [0.15, 0.2) is 0 Å². The van der Waals surface area contributed by atoms with Gasteiger partial charge in [0.25, 0.3) is 11.8 Å². The minimum Gasteiger partial charge on any atom is -0.276 e. The molecular formula is C44H44N2O2. The van der Waals surface area contributed by atoms with E-state index in [4.69, 9.17) is 0 Å². The van der Waals surface area contributed by atoms with Gasteiger partial charge in [-0.05, 0) is 73.2 Å². The maximum Gasteiger partial charge on any atom is 0.263 e. The van der Waals surface area contributed by atoms with E-state index in [9.17, 15) is 9.59 Å². The van der Waals surface area contributed by atoms with Crippen molar-refractivity contribution in [3.63, 3.8) is 0 Å². The van der Waals surface area contributed by atoms with Gasteiger partial charge < -0.3 is 0 Å². The molecule has 0 bridgehead atoms. The molecule has 0 N–H and O–H groups in total. The highest BCUT2D eigenvalue weighted by Crippen LogP contribution is 2.38. The van der Waals surface area contributed by atoms with Gasteiger partial charge in [0.2, 0.25) is 0 Å². The van der Waals surface area contributed by atoms with Crippen LogP contribution in [-0.2, 0) is 12.8 Å². The molecule has 0 aliphatic carbocycles. The standard InChI is InChI=1S/C44H44N2O2/c1-3-5-7-9-19-31-21-11-13-23-33(31)43(47)45-39-27-17-15-25-35(39)37-30-42-38(29-41(37)45)36-26-16-18-28-40(36)46(42)44(48)34-24-14-12-22-32(34)20-10-8-6-4-2/h11-18,21-30H,3-10,19-20H2,1-2H3. The van der Waals surface area contributed by atoms with Gasteiger partial charge in [-0.2, -0.15) is 0 Å². The molecule has 0 aliphatic rings. The molecule has 2 heterocycles. The molecule has 0 unspecified atom stereocenters. The third kappa shape index (κ3) is 5.74. The largest absolute Gasteiger partial charge is 0.276 e. The van der Waals surface area contributed by atoms with Gasteiger partial charge in [-0.1, -0.05) is 125 Å². The summed E-state index contributed by atoms with van der Waals surface area (Å²) in [5.74, 6) is -0.0214. The molecular weight excluding hydrogens is 588 g/mol. The number of aromatic nitrogens is 2. The number of nitrogens with zero attached hydrogens (tertiary/aromatic N) is 2. The van der Waals surface area contributed by atoms with Crippen molar-refractivity contribution in [3.8, 4) is 0 Å². The highest BCUT2D eigenvalue weighted by atomic mass is 16.2. The summed E-state index contributed by atoms with van der Waals surface area (Å²) in [6.45, 7) is 4.44. The zero-order valence-corrected chi connectivity index (χ0v) is 28.2. The van der Waals surface area contributed by atoms with E-state index >= 15 is 0 Å². The minimum atomic E-state index is -0.0107. The molecule has 2 aromatic heterocycles. The summed E-state index contributed by atoms with van der Waals surface area (Å²) in [4.78, 5) is 29.2. The van der Waals surface area contributed by atoms with Crippen LogP contribution in [0.2, 0.25) is 0 Å². The topological polar surface area (TPSA) is 44.0 Å². The summed E-state index contributed by atoms with van der Waals surface area (Å²) in [6.07, 6.45) is 11.0. The SMILES string of the molecule is CCCCCCc1ccccc1C(=O)n1c2ccccc2c2cc3c(cc21)c1ccccc1n3C(=O)c1ccccc1CCCCCC. The van der Waals surface area contributed by atoms with Crippen molar-refractivity contribution >= 4 is 55.4 Å². The molecule has 7 aromatic rings. The van der Waals surface area contributed by atoms with Crippen LogP contribution in [0, 0.1) is 0 Å². The van der Waals surface area contributed by atoms with Crippen molar-refractivity contribution in [1.82, 2.24) is 9.13 Å². The Morgan fingerprint density at radius 3 is 1.27 bits per heavy atom. The molecule has 4 heteroatoms. The number of hydrogen-bond donors (Lipinski definition) is 0. The molecule has 48 heavy (non-hydrogen) atoms. The van der Waals surface area contributed by atoms with E-state index in [-0.39, 0.29) is 11.8 Å². The fourth-order valence-corrected chi connectivity index (χ4v) is 7.49. The number of fused-ring (bicyclic) bond motifs is 6. The van der Waals surface area contributed by atoms with E-state index in [0.29, 0.717) is 0 Å². The number of unbranched alkanes of at least 4 members (excludes halogenated alkanes) is 6. The molecule has 5 aromatic carbocycles. The Labute approximate surface area is 283 Å². The third-order valence-corrected chi connectivity index (χ3v) is 9.97. The normalized spacial score (nSPS) is 11.7. The van der Waals surface area contributed by atoms with E-state index < -0.39 is 0 Å². The fourth-order valence-electron chi connectivity index (χ4n) is 7.49. The van der Waals surface area contributed by atoms with Gasteiger partial charge >= 0.3 is 0 Å². The van der Waals surface area contributed by atoms with Crippen molar-refractivity contribution in [1.29, 1.82) is 0 Å². The second kappa shape index (κ2) is 14.0. The van der Waals surface area contributed by atoms with Crippen LogP contribution in [0.1, 0.15) is 97.1 Å². The first-order chi connectivity index (χ1) is 23.6. The monoisotopic (exact) mass is 632 g/mol. The van der Waals surface area contributed by atoms with Crippen molar-refractivity contribution in [3.05, 3.63) is 131 Å². The average molecular weight is 633 g/mol. The van der Waals surface area contributed by atoms with Gasteiger partial charge in [0.05, 0.1) is 22.1 Å². The molecule has 0 fully saturated rings. The van der Waals surface area contributed by atoms with Gasteiger partial charge in [-0.25, -0.2) is 0 Å². The Kier molecular flexibility index (Phi) is 9.25. The molecule has 7 rings (SSSR count). The first kappa shape index (κ1) is 31.6. The summed E-state index contributed by atoms with van der Waals surface area (Å²) in [6, 6.07) is 36.7. The predicted molar refractivity (Wildman–Crippen MR) is 200 cm³/mol. The van der Waals surface area contributed by atoms with Crippen molar-refractivity contribution in [2.75, 3.05) is 0 Å². The van der Waals surface area contributed by atoms with Crippen LogP contribution in [0.4, 0.5) is 0 Å². The molecule has 0 aliphatic heterocycles. The van der Waals surface area contributed by atoms with Crippen LogP contribution in [0.3, 0.4) is 0 Å². The van der Waals surface area contributed by atoms with Gasteiger partial charge in [-0.3, -0.25) is 18.7 Å². The highest BCUT2D eigenvalue weighted by Gasteiger charge is 2.24. The number of hydrogen-bond acceptors (Lipinski definition) is 2. The number of para-hydroxylation sites is 2. The van der Waals surface area contributed by atoms with E-state index in [1.807, 2.05) is 81.9 Å². The molecule has 0 saturated carbocycles. The Bertz CT molecular complexity index is 2110. The highest BCUT2D eigenvalue weighted by molar-refractivity contribution is 6.24. The van der Waals surface area contributed by atoms with Gasteiger partial charge in [0.1, 0.15) is 0 Å². The van der Waals surface area contributed by atoms with Crippen molar-refractivity contribution < 1.29 is 9.59 Å². The summed E-state index contributed by atoms with van der Waals surface area (Å²) in [5, 5.41) is 3.95. The molecule has 0 radical (unpaired) electrons. The predicted octanol–water partition coefficient (Wildman–Crippen LogP) is 11.5. The van der Waals surface area contributed by atoms with Crippen LogP contribution >= 0.6 is 0 Å². The number of aryl methyl sites for hydroxylation is 2. The van der Waals surface area contributed by atoms with Gasteiger partial charge in [0, 0.05) is 32.7 Å². The molecule has 0 atom stereocenters. The lowest BCUT2D eigenvalue weighted by atomic mass is 10.00. The lowest BCUT2D eigenvalue weighted by Gasteiger charge is -2.12. The van der Waals surface area contributed by atoms with E-state index in [1.165, 1.54) is 38.5 Å². The molecule has 242 valence electrons. The fraction of sp³-hybridized carbons (Fsp3) is 0.273. The van der Waals surface area contributed by atoms with E-state index in [1.54, 1.807) is 0 Å². The molecule has 0 saturated heterocycles. The van der Waals surface area contributed by atoms with E-state index in [2.05, 4.69) is 50.2 Å². The second-order valence-corrected chi connectivity index (χ2v) is 13.1. The third-order valence-electron chi connectivity index (χ3n) is 9.97. The second-order valence-electron chi connectivity index (χ2n) is 13.1. The first-order valence-electron chi connectivity index (χ1n) is 17.8. The summed E-state index contributed by atoms with van der Waals surface area (Å²) in [7, 11) is 0. The number of carbonyl (C=O) groups excluding carboxylic acids is 2. The summed E-state index contributed by atoms with van der Waals surface area (Å²) in [5.41, 5.74) is 7.19. The van der Waals surface area contributed by atoms with Gasteiger partial charge in [-0.15, -0.1) is 0 Å². The molecule has 0 spiro atoms. The maximum atomic E-state index is 14.6. The Morgan fingerprint density at radius 2 is 0.833 bits per heavy atom. The van der Waals surface area contributed by atoms with E-state index in [0.717, 1.165) is 91.5 Å². The summed E-state index contributed by atoms with van der Waals surface area (Å²) < 4.78 is 3.79. The van der Waals surface area contributed by atoms with Crippen molar-refractivity contribution in [2.45, 2.75) is 78.1 Å². The Balaban J connectivity index is 1.40. The Hall–Kier alpha value is -4.96. The van der Waals surface area contributed by atoms with Crippen molar-refractivity contribution in [2.24, 2.45) is 0 Å².